The minimum absolute atomic E-state index is 0.00565. The van der Waals surface area contributed by atoms with E-state index in [2.05, 4.69) is 21.9 Å². The zero-order chi connectivity index (χ0) is 12.0. The van der Waals surface area contributed by atoms with E-state index in [9.17, 15) is 9.59 Å². The van der Waals surface area contributed by atoms with Crippen molar-refractivity contribution < 1.29 is 19.2 Å². The van der Waals surface area contributed by atoms with E-state index in [0.717, 1.165) is 25.3 Å². The van der Waals surface area contributed by atoms with Gasteiger partial charge in [0.15, 0.2) is 5.69 Å². The van der Waals surface area contributed by atoms with E-state index < -0.39 is 11.9 Å². The van der Waals surface area contributed by atoms with Crippen LogP contribution in [0.15, 0.2) is 10.6 Å². The highest BCUT2D eigenvalue weighted by Gasteiger charge is 2.15. The Labute approximate surface area is 92.6 Å². The minimum atomic E-state index is -1.24. The number of hydrogen-bond acceptors (Lipinski definition) is 4. The molecule has 0 atom stereocenters. The number of carboxylic acids is 1. The largest absolute Gasteiger partial charge is 0.475 e. The van der Waals surface area contributed by atoms with Crippen molar-refractivity contribution in [3.8, 4) is 0 Å². The highest BCUT2D eigenvalue weighted by Crippen LogP contribution is 2.03. The lowest BCUT2D eigenvalue weighted by Gasteiger charge is -2.00. The Bertz CT molecular complexity index is 373. The number of aromatic nitrogens is 1. The Morgan fingerprint density at radius 3 is 2.81 bits per heavy atom. The quantitative estimate of drug-likeness (QED) is 0.713. The number of nitrogens with zero attached hydrogens (tertiary/aromatic N) is 1. The average molecular weight is 226 g/mol. The van der Waals surface area contributed by atoms with Gasteiger partial charge in [-0.05, 0) is 6.42 Å². The summed E-state index contributed by atoms with van der Waals surface area (Å²) in [6.45, 7) is 2.63. The molecule has 0 spiro atoms. The molecule has 0 saturated carbocycles. The maximum atomic E-state index is 11.4. The summed E-state index contributed by atoms with van der Waals surface area (Å²) in [5, 5.41) is 14.6. The summed E-state index contributed by atoms with van der Waals surface area (Å²) < 4.78 is 4.46. The van der Waals surface area contributed by atoms with Crippen LogP contribution in [0.25, 0.3) is 0 Å². The van der Waals surface area contributed by atoms with Crippen molar-refractivity contribution >= 4 is 11.9 Å². The molecule has 0 saturated heterocycles. The predicted molar refractivity (Wildman–Crippen MR) is 55.3 cm³/mol. The molecule has 0 aliphatic carbocycles. The normalized spacial score (nSPS) is 10.1. The average Bonchev–Trinajstić information content (AvgIpc) is 2.73. The van der Waals surface area contributed by atoms with E-state index in [1.165, 1.54) is 0 Å². The molecule has 0 bridgehead atoms. The van der Waals surface area contributed by atoms with Gasteiger partial charge in [0.2, 0.25) is 5.76 Å². The molecule has 6 nitrogen and oxygen atoms in total. The molecule has 16 heavy (non-hydrogen) atoms. The maximum absolute atomic E-state index is 11.4. The Morgan fingerprint density at radius 2 is 2.25 bits per heavy atom. The molecule has 1 heterocycles. The number of carbonyl (C=O) groups is 2. The molecule has 88 valence electrons. The number of carbonyl (C=O) groups excluding carboxylic acids is 1. The van der Waals surface area contributed by atoms with Crippen LogP contribution in [0.4, 0.5) is 0 Å². The fraction of sp³-hybridized carbons (Fsp3) is 0.500. The molecule has 1 aromatic rings. The van der Waals surface area contributed by atoms with Gasteiger partial charge in [0.25, 0.3) is 5.91 Å². The zero-order valence-corrected chi connectivity index (χ0v) is 9.02. The Hall–Kier alpha value is -1.85. The third-order valence-corrected chi connectivity index (χ3v) is 2.02. The fourth-order valence-corrected chi connectivity index (χ4v) is 1.15. The van der Waals surface area contributed by atoms with Crippen molar-refractivity contribution in [2.45, 2.75) is 26.2 Å². The first kappa shape index (κ1) is 12.2. The molecule has 0 radical (unpaired) electrons. The molecular weight excluding hydrogens is 212 g/mol. The van der Waals surface area contributed by atoms with E-state index >= 15 is 0 Å². The molecule has 1 aromatic heterocycles. The Kier molecular flexibility index (Phi) is 4.50. The van der Waals surface area contributed by atoms with Crippen molar-refractivity contribution in [3.63, 3.8) is 0 Å². The van der Waals surface area contributed by atoms with Gasteiger partial charge in [0.05, 0.1) is 0 Å². The van der Waals surface area contributed by atoms with Gasteiger partial charge in [-0.25, -0.2) is 4.79 Å². The number of unbranched alkanes of at least 4 members (excludes halogenated alkanes) is 2. The number of carboxylic acid groups (broad SMARTS) is 1. The minimum Gasteiger partial charge on any atom is -0.475 e. The Morgan fingerprint density at radius 1 is 1.50 bits per heavy atom. The lowest BCUT2D eigenvalue weighted by molar-refractivity contribution is 0.0651. The lowest BCUT2D eigenvalue weighted by Crippen LogP contribution is -2.24. The Balaban J connectivity index is 2.43. The van der Waals surface area contributed by atoms with Crippen LogP contribution in [-0.2, 0) is 0 Å². The maximum Gasteiger partial charge on any atom is 0.374 e. The second kappa shape index (κ2) is 5.89. The SMILES string of the molecule is CCCCCNC(=O)c1cc(C(=O)O)on1. The van der Waals surface area contributed by atoms with Crippen LogP contribution >= 0.6 is 0 Å². The molecule has 6 heteroatoms. The van der Waals surface area contributed by atoms with Gasteiger partial charge in [0.1, 0.15) is 0 Å². The van der Waals surface area contributed by atoms with Crippen LogP contribution in [0.3, 0.4) is 0 Å². The molecule has 1 amide bonds. The molecule has 0 fully saturated rings. The van der Waals surface area contributed by atoms with Gasteiger partial charge in [0, 0.05) is 12.6 Å². The third kappa shape index (κ3) is 3.38. The van der Waals surface area contributed by atoms with Crippen LogP contribution in [-0.4, -0.2) is 28.7 Å². The number of nitrogens with one attached hydrogen (secondary N) is 1. The second-order valence-electron chi connectivity index (χ2n) is 3.34. The summed E-state index contributed by atoms with van der Waals surface area (Å²) >= 11 is 0. The first-order valence-corrected chi connectivity index (χ1v) is 5.13. The molecule has 0 aromatic carbocycles. The highest BCUT2D eigenvalue weighted by atomic mass is 16.5. The van der Waals surface area contributed by atoms with Crippen molar-refractivity contribution in [3.05, 3.63) is 17.5 Å². The van der Waals surface area contributed by atoms with Crippen LogP contribution in [0, 0.1) is 0 Å². The second-order valence-corrected chi connectivity index (χ2v) is 3.34. The molecule has 2 N–H and O–H groups in total. The monoisotopic (exact) mass is 226 g/mol. The molecule has 0 aliphatic heterocycles. The summed E-state index contributed by atoms with van der Waals surface area (Å²) in [7, 11) is 0. The van der Waals surface area contributed by atoms with Gasteiger partial charge in [-0.2, -0.15) is 0 Å². The van der Waals surface area contributed by atoms with E-state index in [1.807, 2.05) is 0 Å². The molecule has 0 aliphatic rings. The number of hydrogen-bond donors (Lipinski definition) is 2. The molecular formula is C10H14N2O4. The fourth-order valence-electron chi connectivity index (χ4n) is 1.15. The van der Waals surface area contributed by atoms with E-state index in [-0.39, 0.29) is 11.5 Å². The van der Waals surface area contributed by atoms with Gasteiger partial charge in [-0.15, -0.1) is 0 Å². The van der Waals surface area contributed by atoms with E-state index in [4.69, 9.17) is 5.11 Å². The first-order valence-electron chi connectivity index (χ1n) is 5.13. The van der Waals surface area contributed by atoms with Gasteiger partial charge < -0.3 is 14.9 Å². The van der Waals surface area contributed by atoms with Gasteiger partial charge in [-0.1, -0.05) is 24.9 Å². The summed E-state index contributed by atoms with van der Waals surface area (Å²) in [4.78, 5) is 21.9. The van der Waals surface area contributed by atoms with Crippen molar-refractivity contribution in [1.82, 2.24) is 10.5 Å². The topological polar surface area (TPSA) is 92.4 Å². The molecule has 0 unspecified atom stereocenters. The smallest absolute Gasteiger partial charge is 0.374 e. The van der Waals surface area contributed by atoms with E-state index in [1.54, 1.807) is 0 Å². The van der Waals surface area contributed by atoms with E-state index in [0.29, 0.717) is 6.54 Å². The first-order chi connectivity index (χ1) is 7.65. The number of amides is 1. The highest BCUT2D eigenvalue weighted by molar-refractivity contribution is 5.94. The summed E-state index contributed by atoms with van der Waals surface area (Å²) in [5.41, 5.74) is -0.00565. The third-order valence-electron chi connectivity index (χ3n) is 2.02. The van der Waals surface area contributed by atoms with Gasteiger partial charge in [-0.3, -0.25) is 4.79 Å². The van der Waals surface area contributed by atoms with Crippen LogP contribution in [0.5, 0.6) is 0 Å². The summed E-state index contributed by atoms with van der Waals surface area (Å²) in [5.74, 6) is -1.98. The standard InChI is InChI=1S/C10H14N2O4/c1-2-3-4-5-11-9(13)7-6-8(10(14)15)16-12-7/h6H,2-5H2,1H3,(H,11,13)(H,14,15). The van der Waals surface area contributed by atoms with Crippen molar-refractivity contribution in [1.29, 1.82) is 0 Å². The predicted octanol–water partition coefficient (Wildman–Crippen LogP) is 1.29. The van der Waals surface area contributed by atoms with Crippen LogP contribution in [0.1, 0.15) is 47.2 Å². The van der Waals surface area contributed by atoms with Crippen molar-refractivity contribution in [2.75, 3.05) is 6.54 Å². The van der Waals surface area contributed by atoms with Gasteiger partial charge >= 0.3 is 5.97 Å². The summed E-state index contributed by atoms with van der Waals surface area (Å²) in [6, 6.07) is 1.11. The zero-order valence-electron chi connectivity index (χ0n) is 9.02. The summed E-state index contributed by atoms with van der Waals surface area (Å²) in [6.07, 6.45) is 3.01. The van der Waals surface area contributed by atoms with Crippen molar-refractivity contribution in [2.24, 2.45) is 0 Å². The molecule has 1 rings (SSSR count). The van der Waals surface area contributed by atoms with Crippen LogP contribution < -0.4 is 5.32 Å². The number of aromatic carboxylic acids is 1. The lowest BCUT2D eigenvalue weighted by atomic mass is 10.2. The van der Waals surface area contributed by atoms with Crippen LogP contribution in [0.2, 0.25) is 0 Å². The number of rotatable bonds is 6.